The minimum atomic E-state index is -4.89. The van der Waals surface area contributed by atoms with Crippen molar-refractivity contribution in [1.82, 2.24) is 10.4 Å². The van der Waals surface area contributed by atoms with Crippen LogP contribution in [-0.4, -0.2) is 34.1 Å². The van der Waals surface area contributed by atoms with Gasteiger partial charge in [-0.15, -0.1) is 0 Å². The largest absolute Gasteiger partial charge is 0.412 e. The van der Waals surface area contributed by atoms with Crippen LogP contribution in [-0.2, 0) is 0 Å². The molecule has 0 radical (unpaired) electrons. The first kappa shape index (κ1) is 17.9. The Morgan fingerprint density at radius 2 is 1.58 bits per heavy atom. The molecule has 2 aromatic carbocycles. The molecule has 3 rings (SSSR count). The third-order valence-electron chi connectivity index (χ3n) is 4.20. The van der Waals surface area contributed by atoms with E-state index in [1.54, 1.807) is 36.4 Å². The number of alkyl halides is 3. The van der Waals surface area contributed by atoms with Gasteiger partial charge >= 0.3 is 6.18 Å². The molecule has 0 bridgehead atoms. The number of carbonyl (C=O) groups excluding carboxylic acids is 1. The maximum atomic E-state index is 13.4. The van der Waals surface area contributed by atoms with Crippen molar-refractivity contribution in [2.24, 2.45) is 0 Å². The molecule has 0 aliphatic carbocycles. The molecule has 136 valence electrons. The zero-order chi connectivity index (χ0) is 18.9. The van der Waals surface area contributed by atoms with Gasteiger partial charge in [0.1, 0.15) is 6.04 Å². The maximum Gasteiger partial charge on any atom is 0.412 e. The third kappa shape index (κ3) is 3.25. The van der Waals surface area contributed by atoms with Gasteiger partial charge in [-0.25, -0.2) is 5.43 Å². The number of nitrogens with zero attached hydrogens (tertiary/aromatic N) is 2. The lowest BCUT2D eigenvalue weighted by molar-refractivity contribution is -0.534. The average molecular weight is 365 g/mol. The van der Waals surface area contributed by atoms with Crippen LogP contribution in [0.4, 0.5) is 13.2 Å². The van der Waals surface area contributed by atoms with Gasteiger partial charge in [0.15, 0.2) is 6.04 Å². The van der Waals surface area contributed by atoms with Crippen LogP contribution < -0.4 is 5.43 Å². The predicted octanol–water partition coefficient (Wildman–Crippen LogP) is 2.96. The van der Waals surface area contributed by atoms with Crippen LogP contribution in [0.5, 0.6) is 0 Å². The summed E-state index contributed by atoms with van der Waals surface area (Å²) in [6.07, 6.45) is -4.89. The van der Waals surface area contributed by atoms with E-state index in [0.29, 0.717) is 0 Å². The molecule has 3 atom stereocenters. The number of hydrazine groups is 1. The van der Waals surface area contributed by atoms with E-state index in [0.717, 1.165) is 5.01 Å². The highest BCUT2D eigenvalue weighted by molar-refractivity contribution is 5.94. The van der Waals surface area contributed by atoms with E-state index in [-0.39, 0.29) is 11.1 Å². The summed E-state index contributed by atoms with van der Waals surface area (Å²) in [6.45, 7) is 0. The van der Waals surface area contributed by atoms with E-state index in [1.807, 2.05) is 5.43 Å². The van der Waals surface area contributed by atoms with Gasteiger partial charge in [0.25, 0.3) is 11.9 Å². The van der Waals surface area contributed by atoms with Crippen LogP contribution in [0, 0.1) is 10.1 Å². The zero-order valence-electron chi connectivity index (χ0n) is 13.3. The molecular weight excluding hydrogens is 351 g/mol. The van der Waals surface area contributed by atoms with Crippen molar-refractivity contribution in [3.63, 3.8) is 0 Å². The van der Waals surface area contributed by atoms with Gasteiger partial charge in [0.2, 0.25) is 0 Å². The number of benzene rings is 2. The minimum Gasteiger partial charge on any atom is -0.268 e. The van der Waals surface area contributed by atoms with Crippen molar-refractivity contribution in [1.29, 1.82) is 0 Å². The fourth-order valence-corrected chi connectivity index (χ4v) is 3.05. The molecule has 1 heterocycles. The van der Waals surface area contributed by atoms with E-state index < -0.39 is 35.1 Å². The summed E-state index contributed by atoms with van der Waals surface area (Å²) in [6, 6.07) is 9.39. The van der Waals surface area contributed by atoms with Crippen molar-refractivity contribution in [2.75, 3.05) is 0 Å². The van der Waals surface area contributed by atoms with Gasteiger partial charge in [-0.1, -0.05) is 48.5 Å². The fraction of sp³-hybridized carbons (Fsp3) is 0.235. The number of hydrogen-bond acceptors (Lipinski definition) is 4. The lowest BCUT2D eigenvalue weighted by Gasteiger charge is -2.24. The number of rotatable bonds is 3. The highest BCUT2D eigenvalue weighted by Gasteiger charge is 2.62. The molecule has 1 fully saturated rings. The number of nitrogens with one attached hydrogen (secondary N) is 1. The Kier molecular flexibility index (Phi) is 4.64. The van der Waals surface area contributed by atoms with E-state index in [4.69, 9.17) is 0 Å². The summed E-state index contributed by atoms with van der Waals surface area (Å²) < 4.78 is 40.2. The summed E-state index contributed by atoms with van der Waals surface area (Å²) in [5.74, 6) is -0.766. The maximum absolute atomic E-state index is 13.4. The quantitative estimate of drug-likeness (QED) is 0.670. The molecular formula is C17H14F3N3O3. The molecule has 1 aliphatic heterocycles. The second-order valence-electron chi connectivity index (χ2n) is 5.82. The predicted molar refractivity (Wildman–Crippen MR) is 85.6 cm³/mol. The van der Waals surface area contributed by atoms with Crippen molar-refractivity contribution in [2.45, 2.75) is 24.3 Å². The highest BCUT2D eigenvalue weighted by atomic mass is 19.4. The first-order valence-corrected chi connectivity index (χ1v) is 7.70. The summed E-state index contributed by atoms with van der Waals surface area (Å²) >= 11 is 0. The Morgan fingerprint density at radius 3 is 2.08 bits per heavy atom. The number of halogens is 3. The number of carbonyl (C=O) groups is 1. The molecule has 1 saturated heterocycles. The fourth-order valence-electron chi connectivity index (χ4n) is 3.05. The van der Waals surface area contributed by atoms with Crippen LogP contribution in [0.25, 0.3) is 0 Å². The summed E-state index contributed by atoms with van der Waals surface area (Å²) in [4.78, 5) is 23.2. The Hall–Kier alpha value is -2.94. The molecule has 0 unspecified atom stereocenters. The van der Waals surface area contributed by atoms with Crippen LogP contribution in [0.3, 0.4) is 0 Å². The Bertz CT molecular complexity index is 799. The van der Waals surface area contributed by atoms with E-state index in [9.17, 15) is 28.1 Å². The molecule has 26 heavy (non-hydrogen) atoms. The van der Waals surface area contributed by atoms with Gasteiger partial charge in [-0.2, -0.15) is 13.2 Å². The van der Waals surface area contributed by atoms with Gasteiger partial charge in [-0.05, 0) is 17.7 Å². The average Bonchev–Trinajstić information content (AvgIpc) is 3.04. The summed E-state index contributed by atoms with van der Waals surface area (Å²) in [7, 11) is 0. The second kappa shape index (κ2) is 6.75. The van der Waals surface area contributed by atoms with Crippen molar-refractivity contribution >= 4 is 5.91 Å². The summed E-state index contributed by atoms with van der Waals surface area (Å²) in [5.41, 5.74) is 2.40. The molecule has 0 spiro atoms. The van der Waals surface area contributed by atoms with Gasteiger partial charge < -0.3 is 0 Å². The molecule has 1 amide bonds. The van der Waals surface area contributed by atoms with Crippen LogP contribution >= 0.6 is 0 Å². The normalized spacial score (nSPS) is 23.0. The summed E-state index contributed by atoms with van der Waals surface area (Å²) in [5, 5.41) is 12.2. The van der Waals surface area contributed by atoms with Crippen LogP contribution in [0.1, 0.15) is 22.0 Å². The molecule has 0 saturated carbocycles. The van der Waals surface area contributed by atoms with Crippen molar-refractivity contribution < 1.29 is 22.9 Å². The number of amides is 1. The van der Waals surface area contributed by atoms with E-state index >= 15 is 0 Å². The van der Waals surface area contributed by atoms with E-state index in [2.05, 4.69) is 0 Å². The zero-order valence-corrected chi connectivity index (χ0v) is 13.3. The SMILES string of the molecule is O=C(c1ccccc1)N1N[C@@H](C(F)(F)F)[C@H]([N+](=O)[O-])[C@@H]1c1ccccc1. The molecule has 6 nitrogen and oxygen atoms in total. The van der Waals surface area contributed by atoms with Gasteiger partial charge in [-0.3, -0.25) is 19.9 Å². The lowest BCUT2D eigenvalue weighted by atomic mass is 9.95. The molecule has 1 aliphatic rings. The first-order valence-electron chi connectivity index (χ1n) is 7.70. The van der Waals surface area contributed by atoms with E-state index in [1.165, 1.54) is 24.3 Å². The van der Waals surface area contributed by atoms with Gasteiger partial charge in [0.05, 0.1) is 0 Å². The molecule has 9 heteroatoms. The Balaban J connectivity index is 2.09. The Labute approximate surface area is 146 Å². The minimum absolute atomic E-state index is 0.130. The second-order valence-corrected chi connectivity index (χ2v) is 5.82. The Morgan fingerprint density at radius 1 is 1.04 bits per heavy atom. The van der Waals surface area contributed by atoms with Crippen molar-refractivity contribution in [3.05, 3.63) is 81.9 Å². The van der Waals surface area contributed by atoms with Crippen LogP contribution in [0.15, 0.2) is 60.7 Å². The first-order chi connectivity index (χ1) is 12.3. The topological polar surface area (TPSA) is 75.5 Å². The monoisotopic (exact) mass is 365 g/mol. The lowest BCUT2D eigenvalue weighted by Crippen LogP contribution is -2.49. The third-order valence-corrected chi connectivity index (χ3v) is 4.20. The molecule has 0 aromatic heterocycles. The molecule has 1 N–H and O–H groups in total. The standard InChI is InChI=1S/C17H14F3N3O3/c18-17(19,20)15-14(23(25)26)13(11-7-3-1-4-8-11)22(21-15)16(24)12-9-5-2-6-10-12/h1-10,13-15,21H/t13-,14+,15+/m0/s1. The number of nitro groups is 1. The van der Waals surface area contributed by atoms with Crippen LogP contribution in [0.2, 0.25) is 0 Å². The molecule has 2 aromatic rings. The van der Waals surface area contributed by atoms with Crippen molar-refractivity contribution in [3.8, 4) is 0 Å². The van der Waals surface area contributed by atoms with Gasteiger partial charge in [0, 0.05) is 10.5 Å². The smallest absolute Gasteiger partial charge is 0.268 e. The number of hydrogen-bond donors (Lipinski definition) is 1. The highest BCUT2D eigenvalue weighted by Crippen LogP contribution is 2.39.